The molecule has 0 radical (unpaired) electrons. The molecule has 2 N–H and O–H groups in total. The highest BCUT2D eigenvalue weighted by Crippen LogP contribution is 2.31. The third kappa shape index (κ3) is 4.52. The Kier molecular flexibility index (Phi) is 6.80. The van der Waals surface area contributed by atoms with Gasteiger partial charge in [0.25, 0.3) is 0 Å². The van der Waals surface area contributed by atoms with Crippen LogP contribution in [0.4, 0.5) is 0 Å². The number of ether oxygens (including phenoxy) is 1. The molecule has 2 atom stereocenters. The summed E-state index contributed by atoms with van der Waals surface area (Å²) >= 11 is 1.59. The van der Waals surface area contributed by atoms with Crippen molar-refractivity contribution in [2.45, 2.75) is 44.6 Å². The van der Waals surface area contributed by atoms with E-state index in [4.69, 9.17) is 4.74 Å². The zero-order valence-corrected chi connectivity index (χ0v) is 15.8. The average molecular weight is 384 g/mol. The summed E-state index contributed by atoms with van der Waals surface area (Å²) in [6, 6.07) is -0.475. The van der Waals surface area contributed by atoms with E-state index >= 15 is 0 Å². The lowest BCUT2D eigenvalue weighted by molar-refractivity contribution is -0.146. The molecule has 1 aliphatic carbocycles. The third-order valence-electron chi connectivity index (χ3n) is 5.82. The van der Waals surface area contributed by atoms with E-state index in [0.717, 1.165) is 25.7 Å². The van der Waals surface area contributed by atoms with E-state index in [1.54, 1.807) is 16.7 Å². The minimum absolute atomic E-state index is 0.0238. The van der Waals surface area contributed by atoms with E-state index in [-0.39, 0.29) is 30.2 Å². The van der Waals surface area contributed by atoms with Crippen LogP contribution in [0.3, 0.4) is 0 Å². The first-order chi connectivity index (χ1) is 12.6. The van der Waals surface area contributed by atoms with Gasteiger partial charge >= 0.3 is 5.97 Å². The van der Waals surface area contributed by atoms with Crippen molar-refractivity contribution >= 4 is 29.5 Å². The molecule has 0 aromatic rings. The van der Waals surface area contributed by atoms with E-state index in [2.05, 4.69) is 5.32 Å². The Morgan fingerprint density at radius 3 is 2.50 bits per heavy atom. The summed E-state index contributed by atoms with van der Waals surface area (Å²) in [6.07, 6.45) is 5.41. The number of carbonyl (C=O) groups is 3. The van der Waals surface area contributed by atoms with Crippen molar-refractivity contribution in [3.8, 4) is 0 Å². The molecular weight excluding hydrogens is 356 g/mol. The number of aliphatic carboxylic acids is 1. The molecule has 3 fully saturated rings. The lowest BCUT2D eigenvalue weighted by Crippen LogP contribution is -2.50. The van der Waals surface area contributed by atoms with Crippen molar-refractivity contribution in [3.05, 3.63) is 0 Å². The maximum absolute atomic E-state index is 12.7. The van der Waals surface area contributed by atoms with Crippen molar-refractivity contribution in [3.63, 3.8) is 0 Å². The minimum atomic E-state index is -0.878. The number of nitrogens with zero attached hydrogens (tertiary/aromatic N) is 1. The highest BCUT2D eigenvalue weighted by molar-refractivity contribution is 7.99. The van der Waals surface area contributed by atoms with Crippen LogP contribution in [-0.2, 0) is 19.1 Å². The number of carboxylic acid groups (broad SMARTS) is 1. The Balaban J connectivity index is 1.55. The summed E-state index contributed by atoms with van der Waals surface area (Å²) in [4.78, 5) is 38.6. The van der Waals surface area contributed by atoms with Gasteiger partial charge in [0.1, 0.15) is 6.04 Å². The van der Waals surface area contributed by atoms with E-state index in [9.17, 15) is 19.5 Å². The van der Waals surface area contributed by atoms with Gasteiger partial charge in [0.2, 0.25) is 11.8 Å². The SMILES string of the molecule is O=C(O)C(CNC(=O)C1CSCN1C(=O)C1CCCC1)C1CCOCC1. The summed E-state index contributed by atoms with van der Waals surface area (Å²) in [6.45, 7) is 1.27. The van der Waals surface area contributed by atoms with Gasteiger partial charge in [-0.1, -0.05) is 12.8 Å². The van der Waals surface area contributed by atoms with Crippen LogP contribution in [0.5, 0.6) is 0 Å². The minimum Gasteiger partial charge on any atom is -0.481 e. The second-order valence-corrected chi connectivity index (χ2v) is 8.44. The fourth-order valence-electron chi connectivity index (χ4n) is 4.19. The second-order valence-electron chi connectivity index (χ2n) is 7.44. The first-order valence-electron chi connectivity index (χ1n) is 9.54. The van der Waals surface area contributed by atoms with Crippen LogP contribution in [0.25, 0.3) is 0 Å². The predicted molar refractivity (Wildman–Crippen MR) is 97.6 cm³/mol. The first-order valence-corrected chi connectivity index (χ1v) is 10.7. The molecule has 3 aliphatic rings. The van der Waals surface area contributed by atoms with Gasteiger partial charge in [0.15, 0.2) is 0 Å². The second kappa shape index (κ2) is 9.08. The number of amides is 2. The summed E-state index contributed by atoms with van der Waals surface area (Å²) in [7, 11) is 0. The van der Waals surface area contributed by atoms with Gasteiger partial charge in [-0.15, -0.1) is 11.8 Å². The number of nitrogens with one attached hydrogen (secondary N) is 1. The normalized spacial score (nSPS) is 26.0. The summed E-state index contributed by atoms with van der Waals surface area (Å²) in [5.41, 5.74) is 0. The highest BCUT2D eigenvalue weighted by atomic mass is 32.2. The molecule has 0 bridgehead atoms. The van der Waals surface area contributed by atoms with Gasteiger partial charge < -0.3 is 20.1 Å². The van der Waals surface area contributed by atoms with Gasteiger partial charge in [-0.2, -0.15) is 0 Å². The van der Waals surface area contributed by atoms with Crippen LogP contribution in [0.1, 0.15) is 38.5 Å². The van der Waals surface area contributed by atoms with Crippen molar-refractivity contribution in [1.82, 2.24) is 10.2 Å². The van der Waals surface area contributed by atoms with Crippen molar-refractivity contribution < 1.29 is 24.2 Å². The highest BCUT2D eigenvalue weighted by Gasteiger charge is 2.39. The molecule has 8 heteroatoms. The molecule has 2 unspecified atom stereocenters. The summed E-state index contributed by atoms with van der Waals surface area (Å²) in [5, 5.41) is 12.3. The van der Waals surface area contributed by atoms with E-state index in [1.807, 2.05) is 0 Å². The fraction of sp³-hybridized carbons (Fsp3) is 0.833. The van der Waals surface area contributed by atoms with E-state index in [0.29, 0.717) is 37.7 Å². The third-order valence-corrected chi connectivity index (χ3v) is 6.83. The van der Waals surface area contributed by atoms with E-state index in [1.165, 1.54) is 0 Å². The molecule has 1 saturated carbocycles. The summed E-state index contributed by atoms with van der Waals surface area (Å²) in [5.74, 6) is -0.400. The Morgan fingerprint density at radius 1 is 1.15 bits per heavy atom. The molecule has 2 amide bonds. The topological polar surface area (TPSA) is 95.9 Å². The van der Waals surface area contributed by atoms with E-state index < -0.39 is 17.9 Å². The lowest BCUT2D eigenvalue weighted by Gasteiger charge is -2.29. The molecule has 0 spiro atoms. The van der Waals surface area contributed by atoms with Crippen LogP contribution in [0.15, 0.2) is 0 Å². The van der Waals surface area contributed by atoms with Gasteiger partial charge in [-0.05, 0) is 31.6 Å². The van der Waals surface area contributed by atoms with Crippen LogP contribution in [-0.4, -0.2) is 65.2 Å². The quantitative estimate of drug-likeness (QED) is 0.717. The molecule has 26 heavy (non-hydrogen) atoms. The lowest BCUT2D eigenvalue weighted by atomic mass is 9.86. The molecular formula is C18H28N2O5S. The summed E-state index contributed by atoms with van der Waals surface area (Å²) < 4.78 is 5.30. The average Bonchev–Trinajstić information content (AvgIpc) is 3.33. The standard InChI is InChI=1S/C18H28N2O5S/c21-16(19-9-14(18(23)24)12-5-7-25-8-6-12)15-10-26-11-20(15)17(22)13-3-1-2-4-13/h12-15H,1-11H2,(H,19,21)(H,23,24). The van der Waals surface area contributed by atoms with Crippen molar-refractivity contribution in [1.29, 1.82) is 0 Å². The molecule has 0 aromatic heterocycles. The molecule has 3 rings (SSSR count). The molecule has 146 valence electrons. The maximum Gasteiger partial charge on any atom is 0.308 e. The van der Waals surface area contributed by atoms with Gasteiger partial charge in [0.05, 0.1) is 11.8 Å². The molecule has 2 aliphatic heterocycles. The van der Waals surface area contributed by atoms with Crippen LogP contribution < -0.4 is 5.32 Å². The number of hydrogen-bond acceptors (Lipinski definition) is 5. The largest absolute Gasteiger partial charge is 0.481 e. The first kappa shape index (κ1) is 19.5. The monoisotopic (exact) mass is 384 g/mol. The van der Waals surface area contributed by atoms with Gasteiger partial charge in [-0.25, -0.2) is 0 Å². The number of hydrogen-bond donors (Lipinski definition) is 2. The predicted octanol–water partition coefficient (Wildman–Crippen LogP) is 1.32. The molecule has 2 heterocycles. The number of rotatable bonds is 6. The molecule has 7 nitrogen and oxygen atoms in total. The Hall–Kier alpha value is -1.28. The van der Waals surface area contributed by atoms with Crippen molar-refractivity contribution in [2.75, 3.05) is 31.4 Å². The van der Waals surface area contributed by atoms with Gasteiger partial charge in [0, 0.05) is 31.4 Å². The van der Waals surface area contributed by atoms with Crippen LogP contribution in [0, 0.1) is 17.8 Å². The van der Waals surface area contributed by atoms with Crippen LogP contribution in [0.2, 0.25) is 0 Å². The van der Waals surface area contributed by atoms with Crippen molar-refractivity contribution in [2.24, 2.45) is 17.8 Å². The molecule has 0 aromatic carbocycles. The Morgan fingerprint density at radius 2 is 1.85 bits per heavy atom. The zero-order chi connectivity index (χ0) is 18.5. The van der Waals surface area contributed by atoms with Crippen LogP contribution >= 0.6 is 11.8 Å². The van der Waals surface area contributed by atoms with Gasteiger partial charge in [-0.3, -0.25) is 14.4 Å². The number of thioether (sulfide) groups is 1. The Labute approximate surface area is 158 Å². The number of carboxylic acids is 1. The zero-order valence-electron chi connectivity index (χ0n) is 15.0. The molecule has 2 saturated heterocycles. The Bertz CT molecular complexity index is 532. The fourth-order valence-corrected chi connectivity index (χ4v) is 5.35. The maximum atomic E-state index is 12.7. The number of carbonyl (C=O) groups excluding carboxylic acids is 2. The smallest absolute Gasteiger partial charge is 0.308 e.